The summed E-state index contributed by atoms with van der Waals surface area (Å²) in [6.07, 6.45) is -1.75. The average Bonchev–Trinajstić information content (AvgIpc) is 3.09. The fourth-order valence-electron chi connectivity index (χ4n) is 2.61. The molecule has 0 saturated carbocycles. The third kappa shape index (κ3) is 2.61. The van der Waals surface area contributed by atoms with Crippen molar-refractivity contribution in [3.63, 3.8) is 0 Å². The molecule has 118 valence electrons. The summed E-state index contributed by atoms with van der Waals surface area (Å²) >= 11 is 0. The molecule has 1 atom stereocenters. The lowest BCUT2D eigenvalue weighted by Gasteiger charge is -2.30. The molecule has 0 bridgehead atoms. The highest BCUT2D eigenvalue weighted by molar-refractivity contribution is 5.47. The predicted molar refractivity (Wildman–Crippen MR) is 78.6 cm³/mol. The summed E-state index contributed by atoms with van der Waals surface area (Å²) in [7, 11) is 0. The quantitative estimate of drug-likeness (QED) is 0.773. The second-order valence-corrected chi connectivity index (χ2v) is 5.06. The zero-order valence-electron chi connectivity index (χ0n) is 11.9. The number of nitrogens with zero attached hydrogens (tertiary/aromatic N) is 1. The summed E-state index contributed by atoms with van der Waals surface area (Å²) in [4.78, 5) is 6.72. The van der Waals surface area contributed by atoms with Crippen LogP contribution in [0.15, 0.2) is 67.0 Å². The summed E-state index contributed by atoms with van der Waals surface area (Å²) in [6, 6.07) is 13.1. The Kier molecular flexibility index (Phi) is 3.69. The van der Waals surface area contributed by atoms with Gasteiger partial charge in [0.1, 0.15) is 5.82 Å². The van der Waals surface area contributed by atoms with E-state index in [2.05, 4.69) is 9.97 Å². The lowest BCUT2D eigenvalue weighted by molar-refractivity contribution is -0.139. The molecule has 0 saturated heterocycles. The van der Waals surface area contributed by atoms with Crippen LogP contribution in [0.5, 0.6) is 0 Å². The first-order valence-electron chi connectivity index (χ1n) is 6.88. The van der Waals surface area contributed by atoms with Crippen LogP contribution in [0.2, 0.25) is 0 Å². The molecule has 23 heavy (non-hydrogen) atoms. The summed E-state index contributed by atoms with van der Waals surface area (Å²) in [5, 5.41) is 11.3. The molecule has 0 radical (unpaired) electrons. The van der Waals surface area contributed by atoms with Crippen LogP contribution in [-0.4, -0.2) is 15.1 Å². The molecule has 0 aliphatic carbocycles. The topological polar surface area (TPSA) is 48.9 Å². The Labute approximate surface area is 130 Å². The van der Waals surface area contributed by atoms with Gasteiger partial charge in [0.25, 0.3) is 0 Å². The average molecular weight is 318 g/mol. The molecule has 2 N–H and O–H groups in total. The minimum absolute atomic E-state index is 0.0281. The molecule has 0 aliphatic rings. The van der Waals surface area contributed by atoms with Gasteiger partial charge in [-0.1, -0.05) is 48.5 Å². The molecule has 2 aromatic carbocycles. The van der Waals surface area contributed by atoms with Crippen LogP contribution in [0, 0.1) is 0 Å². The van der Waals surface area contributed by atoms with Gasteiger partial charge in [0.2, 0.25) is 0 Å². The number of hydrogen-bond acceptors (Lipinski definition) is 2. The van der Waals surface area contributed by atoms with E-state index in [1.807, 2.05) is 0 Å². The second kappa shape index (κ2) is 5.55. The van der Waals surface area contributed by atoms with Crippen molar-refractivity contribution >= 4 is 0 Å². The Morgan fingerprint density at radius 1 is 0.870 bits per heavy atom. The van der Waals surface area contributed by atoms with Crippen molar-refractivity contribution in [2.24, 2.45) is 0 Å². The van der Waals surface area contributed by atoms with E-state index in [-0.39, 0.29) is 11.4 Å². The normalized spacial score (nSPS) is 14.4. The lowest BCUT2D eigenvalue weighted by atomic mass is 9.82. The number of benzene rings is 2. The number of nitrogens with one attached hydrogen (secondary N) is 1. The third-order valence-corrected chi connectivity index (χ3v) is 3.65. The molecule has 0 aliphatic heterocycles. The molecule has 1 heterocycles. The molecule has 3 nitrogen and oxygen atoms in total. The number of imidazole rings is 1. The smallest absolute Gasteiger partial charge is 0.373 e. The Bertz CT molecular complexity index is 785. The Morgan fingerprint density at radius 3 is 2.04 bits per heavy atom. The van der Waals surface area contributed by atoms with Gasteiger partial charge in [0, 0.05) is 18.0 Å². The zero-order chi connectivity index (χ0) is 16.5. The zero-order valence-corrected chi connectivity index (χ0v) is 11.9. The van der Waals surface area contributed by atoms with Gasteiger partial charge in [0.15, 0.2) is 5.60 Å². The van der Waals surface area contributed by atoms with Gasteiger partial charge in [-0.2, -0.15) is 13.2 Å². The number of alkyl halides is 3. The molecule has 3 aromatic rings. The van der Waals surface area contributed by atoms with Crippen molar-refractivity contribution < 1.29 is 18.3 Å². The number of rotatable bonds is 3. The highest BCUT2D eigenvalue weighted by atomic mass is 19.4. The van der Waals surface area contributed by atoms with Crippen molar-refractivity contribution in [3.8, 4) is 0 Å². The molecule has 6 heteroatoms. The highest BCUT2D eigenvalue weighted by Gasteiger charge is 2.44. The third-order valence-electron chi connectivity index (χ3n) is 3.65. The Balaban J connectivity index is 2.31. The van der Waals surface area contributed by atoms with E-state index in [1.165, 1.54) is 30.6 Å². The van der Waals surface area contributed by atoms with E-state index < -0.39 is 17.3 Å². The largest absolute Gasteiger partial charge is 0.416 e. The molecule has 3 rings (SSSR count). The van der Waals surface area contributed by atoms with Crippen LogP contribution < -0.4 is 0 Å². The van der Waals surface area contributed by atoms with Crippen LogP contribution in [0.3, 0.4) is 0 Å². The van der Waals surface area contributed by atoms with Crippen LogP contribution in [0.4, 0.5) is 13.2 Å². The van der Waals surface area contributed by atoms with Gasteiger partial charge in [0.05, 0.1) is 5.56 Å². The molecular formula is C17H13F3N2O. The minimum atomic E-state index is -4.59. The monoisotopic (exact) mass is 318 g/mol. The first-order valence-corrected chi connectivity index (χ1v) is 6.88. The summed E-state index contributed by atoms with van der Waals surface area (Å²) in [6.45, 7) is 0. The number of halogens is 3. The van der Waals surface area contributed by atoms with E-state index in [0.717, 1.165) is 6.07 Å². The van der Waals surface area contributed by atoms with Gasteiger partial charge in [-0.3, -0.25) is 0 Å². The van der Waals surface area contributed by atoms with E-state index in [9.17, 15) is 18.3 Å². The van der Waals surface area contributed by atoms with Gasteiger partial charge in [-0.15, -0.1) is 0 Å². The van der Waals surface area contributed by atoms with Crippen molar-refractivity contribution in [1.29, 1.82) is 0 Å². The summed E-state index contributed by atoms with van der Waals surface area (Å²) in [5.41, 5.74) is -2.90. The molecular weight excluding hydrogens is 305 g/mol. The van der Waals surface area contributed by atoms with Crippen LogP contribution >= 0.6 is 0 Å². The number of aromatic amines is 1. The fraction of sp³-hybridized carbons (Fsp3) is 0.118. The number of hydrogen-bond donors (Lipinski definition) is 2. The number of aliphatic hydroxyl groups is 1. The van der Waals surface area contributed by atoms with Crippen LogP contribution in [0.25, 0.3) is 0 Å². The molecule has 0 fully saturated rings. The van der Waals surface area contributed by atoms with E-state index in [1.54, 1.807) is 30.3 Å². The second-order valence-electron chi connectivity index (χ2n) is 5.06. The summed E-state index contributed by atoms with van der Waals surface area (Å²) < 4.78 is 40.2. The molecule has 1 unspecified atom stereocenters. The SMILES string of the molecule is OC(c1ccccc1)(c1ncc[nH]1)c1ccccc1C(F)(F)F. The number of H-pyrrole nitrogens is 1. The highest BCUT2D eigenvalue weighted by Crippen LogP contribution is 2.42. The maximum atomic E-state index is 13.4. The van der Waals surface area contributed by atoms with Crippen molar-refractivity contribution in [2.75, 3.05) is 0 Å². The lowest BCUT2D eigenvalue weighted by Crippen LogP contribution is -2.33. The van der Waals surface area contributed by atoms with E-state index in [0.29, 0.717) is 5.56 Å². The van der Waals surface area contributed by atoms with Crippen molar-refractivity contribution in [1.82, 2.24) is 9.97 Å². The molecule has 1 aromatic heterocycles. The van der Waals surface area contributed by atoms with Crippen LogP contribution in [0.1, 0.15) is 22.5 Å². The Morgan fingerprint density at radius 2 is 1.48 bits per heavy atom. The first-order chi connectivity index (χ1) is 10.9. The fourth-order valence-corrected chi connectivity index (χ4v) is 2.61. The maximum absolute atomic E-state index is 13.4. The van der Waals surface area contributed by atoms with Crippen molar-refractivity contribution in [2.45, 2.75) is 11.8 Å². The maximum Gasteiger partial charge on any atom is 0.416 e. The predicted octanol–water partition coefficient (Wildman–Crippen LogP) is 3.71. The van der Waals surface area contributed by atoms with Gasteiger partial charge in [-0.25, -0.2) is 4.98 Å². The Hall–Kier alpha value is -2.60. The van der Waals surface area contributed by atoms with Crippen molar-refractivity contribution in [3.05, 3.63) is 89.5 Å². The summed E-state index contributed by atoms with van der Waals surface area (Å²) in [5.74, 6) is 0.0281. The standard InChI is InChI=1S/C17H13F3N2O/c18-17(19,20)14-9-5-4-8-13(14)16(23,15-21-10-11-22-15)12-6-2-1-3-7-12/h1-11,23H,(H,21,22). The van der Waals surface area contributed by atoms with Gasteiger partial charge >= 0.3 is 6.18 Å². The van der Waals surface area contributed by atoms with Gasteiger partial charge < -0.3 is 10.1 Å². The molecule has 0 amide bonds. The number of aromatic nitrogens is 2. The van der Waals surface area contributed by atoms with Crippen LogP contribution in [-0.2, 0) is 11.8 Å². The minimum Gasteiger partial charge on any atom is -0.373 e. The van der Waals surface area contributed by atoms with E-state index in [4.69, 9.17) is 0 Å². The first kappa shape index (κ1) is 15.3. The molecule has 0 spiro atoms. The van der Waals surface area contributed by atoms with E-state index >= 15 is 0 Å². The van der Waals surface area contributed by atoms with Gasteiger partial charge in [-0.05, 0) is 11.6 Å².